The van der Waals surface area contributed by atoms with E-state index in [1.165, 1.54) is 5.56 Å². The van der Waals surface area contributed by atoms with Gasteiger partial charge in [0.2, 0.25) is 0 Å². The number of hydrogen-bond acceptors (Lipinski definition) is 3. The summed E-state index contributed by atoms with van der Waals surface area (Å²) in [5.41, 5.74) is 0.339. The quantitative estimate of drug-likeness (QED) is 0.765. The van der Waals surface area contributed by atoms with E-state index in [4.69, 9.17) is 0 Å². The lowest BCUT2D eigenvalue weighted by atomic mass is 10.1. The number of hydrogen-bond donors (Lipinski definition) is 2. The number of benzene rings is 1. The third-order valence-corrected chi connectivity index (χ3v) is 3.91. The minimum atomic E-state index is -0.871. The summed E-state index contributed by atoms with van der Waals surface area (Å²) >= 11 is 1.56. The van der Waals surface area contributed by atoms with Crippen LogP contribution < -0.4 is 5.32 Å². The topological polar surface area (TPSA) is 49.3 Å². The average Bonchev–Trinajstić information content (AvgIpc) is 2.28. The summed E-state index contributed by atoms with van der Waals surface area (Å²) in [5, 5.41) is 12.2. The Morgan fingerprint density at radius 1 is 1.41 bits per heavy atom. The van der Waals surface area contributed by atoms with Crippen molar-refractivity contribution in [2.45, 2.75) is 31.2 Å². The zero-order valence-corrected chi connectivity index (χ0v) is 11.3. The first-order chi connectivity index (χ1) is 7.98. The van der Waals surface area contributed by atoms with E-state index in [9.17, 15) is 9.90 Å². The summed E-state index contributed by atoms with van der Waals surface area (Å²) in [5.74, 6) is -0.293. The van der Waals surface area contributed by atoms with E-state index < -0.39 is 11.5 Å². The van der Waals surface area contributed by atoms with Crippen molar-refractivity contribution in [1.29, 1.82) is 0 Å². The van der Waals surface area contributed by atoms with Crippen molar-refractivity contribution in [3.8, 4) is 0 Å². The van der Waals surface area contributed by atoms with E-state index in [2.05, 4.69) is 5.32 Å². The Morgan fingerprint density at radius 3 is 2.47 bits per heavy atom. The summed E-state index contributed by atoms with van der Waals surface area (Å²) in [4.78, 5) is 12.3. The second-order valence-corrected chi connectivity index (χ2v) is 5.32. The van der Waals surface area contributed by atoms with E-state index in [1.54, 1.807) is 18.7 Å². The van der Waals surface area contributed by atoms with Gasteiger partial charge in [0.25, 0.3) is 0 Å². The Hall–Kier alpha value is -1.00. The Labute approximate surface area is 107 Å². The number of aliphatic carboxylic acids is 1. The lowest BCUT2D eigenvalue weighted by molar-refractivity contribution is -0.143. The second kappa shape index (κ2) is 6.07. The molecule has 1 atom stereocenters. The molecule has 0 aliphatic rings. The average molecular weight is 253 g/mol. The molecule has 0 saturated heterocycles. The van der Waals surface area contributed by atoms with Crippen LogP contribution in [-0.4, -0.2) is 28.9 Å². The van der Waals surface area contributed by atoms with E-state index in [-0.39, 0.29) is 0 Å². The second-order valence-electron chi connectivity index (χ2n) is 4.27. The highest BCUT2D eigenvalue weighted by Crippen LogP contribution is 2.23. The summed E-state index contributed by atoms with van der Waals surface area (Å²) in [6.45, 7) is 6.32. The molecule has 4 heteroatoms. The van der Waals surface area contributed by atoms with E-state index in [0.717, 1.165) is 4.90 Å². The van der Waals surface area contributed by atoms with Gasteiger partial charge in [-0.1, -0.05) is 24.6 Å². The van der Waals surface area contributed by atoms with Gasteiger partial charge in [0, 0.05) is 10.6 Å². The zero-order chi connectivity index (χ0) is 12.9. The third kappa shape index (κ3) is 4.06. The minimum Gasteiger partial charge on any atom is -0.480 e. The fraction of sp³-hybridized carbons (Fsp3) is 0.462. The van der Waals surface area contributed by atoms with Gasteiger partial charge in [0.15, 0.2) is 0 Å². The van der Waals surface area contributed by atoms with Gasteiger partial charge in [-0.05, 0) is 32.5 Å². The maximum Gasteiger partial charge on any atom is 0.324 e. The molecule has 2 N–H and O–H groups in total. The zero-order valence-electron chi connectivity index (χ0n) is 10.5. The number of thioether (sulfide) groups is 1. The fourth-order valence-electron chi connectivity index (χ4n) is 1.44. The van der Waals surface area contributed by atoms with E-state index >= 15 is 0 Å². The van der Waals surface area contributed by atoms with Gasteiger partial charge in [-0.3, -0.25) is 4.79 Å². The molecule has 0 aliphatic carbocycles. The molecule has 0 radical (unpaired) electrons. The van der Waals surface area contributed by atoms with Gasteiger partial charge in [0.05, 0.1) is 0 Å². The van der Waals surface area contributed by atoms with E-state index in [0.29, 0.717) is 12.3 Å². The maximum absolute atomic E-state index is 11.2. The number of carbonyl (C=O) groups is 1. The van der Waals surface area contributed by atoms with Gasteiger partial charge in [-0.15, -0.1) is 11.8 Å². The van der Waals surface area contributed by atoms with Gasteiger partial charge in [-0.25, -0.2) is 0 Å². The standard InChI is InChI=1S/C13H19NO2S/c1-4-14-13(3,12(15)16)9-17-11-7-5-10(2)6-8-11/h5-8,14H,4,9H2,1-3H3,(H,15,16). The van der Waals surface area contributed by atoms with Crippen LogP contribution in [0, 0.1) is 6.92 Å². The summed E-state index contributed by atoms with van der Waals surface area (Å²) in [7, 11) is 0. The first-order valence-electron chi connectivity index (χ1n) is 5.66. The molecular weight excluding hydrogens is 234 g/mol. The summed E-state index contributed by atoms with van der Waals surface area (Å²) < 4.78 is 0. The van der Waals surface area contributed by atoms with Crippen LogP contribution in [-0.2, 0) is 4.79 Å². The van der Waals surface area contributed by atoms with Crippen LogP contribution in [0.3, 0.4) is 0 Å². The Balaban J connectivity index is 2.64. The first-order valence-corrected chi connectivity index (χ1v) is 6.64. The molecule has 1 unspecified atom stereocenters. The molecule has 1 aromatic carbocycles. The highest BCUT2D eigenvalue weighted by Gasteiger charge is 2.31. The number of aryl methyl sites for hydroxylation is 1. The molecule has 0 aromatic heterocycles. The van der Waals surface area contributed by atoms with E-state index in [1.807, 2.05) is 38.1 Å². The molecule has 0 amide bonds. The molecule has 0 bridgehead atoms. The number of likely N-dealkylation sites (N-methyl/N-ethyl adjacent to an activating group) is 1. The van der Waals surface area contributed by atoms with Crippen molar-refractivity contribution in [3.05, 3.63) is 29.8 Å². The first kappa shape index (κ1) is 14.1. The predicted molar refractivity (Wildman–Crippen MR) is 71.6 cm³/mol. The van der Waals surface area contributed by atoms with Gasteiger partial charge in [0.1, 0.15) is 5.54 Å². The molecule has 1 aromatic rings. The summed E-state index contributed by atoms with van der Waals surface area (Å²) in [6, 6.07) is 8.11. The summed E-state index contributed by atoms with van der Waals surface area (Å²) in [6.07, 6.45) is 0. The SMILES string of the molecule is CCNC(C)(CSc1ccc(C)cc1)C(=O)O. The lowest BCUT2D eigenvalue weighted by Gasteiger charge is -2.25. The third-order valence-electron chi connectivity index (χ3n) is 2.59. The molecule has 17 heavy (non-hydrogen) atoms. The van der Waals surface area contributed by atoms with Crippen LogP contribution in [0.2, 0.25) is 0 Å². The molecule has 94 valence electrons. The van der Waals surface area contributed by atoms with Crippen molar-refractivity contribution in [2.75, 3.05) is 12.3 Å². The van der Waals surface area contributed by atoms with Crippen LogP contribution in [0.1, 0.15) is 19.4 Å². The number of rotatable bonds is 6. The molecule has 0 saturated carbocycles. The Kier molecular flexibility index (Phi) is 5.02. The smallest absolute Gasteiger partial charge is 0.324 e. The fourth-order valence-corrected chi connectivity index (χ4v) is 2.45. The lowest BCUT2D eigenvalue weighted by Crippen LogP contribution is -2.51. The van der Waals surface area contributed by atoms with Gasteiger partial charge in [-0.2, -0.15) is 0 Å². The van der Waals surface area contributed by atoms with Crippen LogP contribution in [0.15, 0.2) is 29.2 Å². The number of nitrogens with one attached hydrogen (secondary N) is 1. The molecule has 0 aliphatic heterocycles. The number of carboxylic acid groups (broad SMARTS) is 1. The van der Waals surface area contributed by atoms with Crippen LogP contribution in [0.4, 0.5) is 0 Å². The maximum atomic E-state index is 11.2. The van der Waals surface area contributed by atoms with Crippen LogP contribution in [0.25, 0.3) is 0 Å². The normalized spacial score (nSPS) is 14.3. The molecule has 0 heterocycles. The van der Waals surface area contributed by atoms with Crippen molar-refractivity contribution in [2.24, 2.45) is 0 Å². The minimum absolute atomic E-state index is 0.513. The molecule has 0 spiro atoms. The van der Waals surface area contributed by atoms with Gasteiger partial charge < -0.3 is 10.4 Å². The van der Waals surface area contributed by atoms with Crippen LogP contribution >= 0.6 is 11.8 Å². The molecule has 1 rings (SSSR count). The van der Waals surface area contributed by atoms with Crippen molar-refractivity contribution in [1.82, 2.24) is 5.32 Å². The van der Waals surface area contributed by atoms with Gasteiger partial charge >= 0.3 is 5.97 Å². The highest BCUT2D eigenvalue weighted by atomic mass is 32.2. The van der Waals surface area contributed by atoms with Crippen molar-refractivity contribution < 1.29 is 9.90 Å². The highest BCUT2D eigenvalue weighted by molar-refractivity contribution is 7.99. The van der Waals surface area contributed by atoms with Crippen molar-refractivity contribution in [3.63, 3.8) is 0 Å². The molecule has 3 nitrogen and oxygen atoms in total. The number of carboxylic acids is 1. The van der Waals surface area contributed by atoms with Crippen LogP contribution in [0.5, 0.6) is 0 Å². The monoisotopic (exact) mass is 253 g/mol. The largest absolute Gasteiger partial charge is 0.480 e. The van der Waals surface area contributed by atoms with Crippen molar-refractivity contribution >= 4 is 17.7 Å². The Bertz CT molecular complexity index is 378. The molecule has 0 fully saturated rings. The molecular formula is C13H19NO2S. The predicted octanol–water partition coefficient (Wildman–Crippen LogP) is 2.54. The Morgan fingerprint density at radius 2 is 2.00 bits per heavy atom.